The largest absolute Gasteiger partial charge is 0.350 e. The fourth-order valence-corrected chi connectivity index (χ4v) is 5.28. The van der Waals surface area contributed by atoms with Gasteiger partial charge in [0.2, 0.25) is 21.8 Å². The third-order valence-corrected chi connectivity index (χ3v) is 7.39. The van der Waals surface area contributed by atoms with Crippen molar-refractivity contribution in [3.05, 3.63) is 65.7 Å². The number of sulfonamides is 1. The second-order valence-corrected chi connectivity index (χ2v) is 10.0. The lowest BCUT2D eigenvalue weighted by Crippen LogP contribution is -2.69. The quantitative estimate of drug-likeness (QED) is 0.712. The van der Waals surface area contributed by atoms with Gasteiger partial charge < -0.3 is 10.2 Å². The minimum Gasteiger partial charge on any atom is -0.350 e. The third-order valence-electron chi connectivity index (χ3n) is 5.58. The SMILES string of the molecule is CCCN1C(=O)CN(S(=O)(=O)c2ccccc2)CC1(C)C(=O)NCc1ccc(C)cc1. The molecule has 1 aliphatic heterocycles. The molecule has 0 aromatic heterocycles. The molecule has 31 heavy (non-hydrogen) atoms. The van der Waals surface area contributed by atoms with Crippen LogP contribution >= 0.6 is 0 Å². The monoisotopic (exact) mass is 443 g/mol. The first-order valence-corrected chi connectivity index (χ1v) is 11.8. The maximum Gasteiger partial charge on any atom is 0.247 e. The van der Waals surface area contributed by atoms with Crippen molar-refractivity contribution in [3.8, 4) is 0 Å². The van der Waals surface area contributed by atoms with E-state index in [0.717, 1.165) is 15.4 Å². The van der Waals surface area contributed by atoms with Crippen molar-refractivity contribution in [2.45, 2.75) is 44.2 Å². The number of rotatable bonds is 7. The molecule has 1 saturated heterocycles. The Morgan fingerprint density at radius 3 is 2.35 bits per heavy atom. The van der Waals surface area contributed by atoms with Crippen molar-refractivity contribution in [3.63, 3.8) is 0 Å². The minimum absolute atomic E-state index is 0.101. The molecule has 1 unspecified atom stereocenters. The molecule has 2 aromatic carbocycles. The van der Waals surface area contributed by atoms with Gasteiger partial charge >= 0.3 is 0 Å². The van der Waals surface area contributed by atoms with Crippen LogP contribution in [0.3, 0.4) is 0 Å². The maximum absolute atomic E-state index is 13.3. The lowest BCUT2D eigenvalue weighted by Gasteiger charge is -2.46. The molecule has 166 valence electrons. The molecule has 2 aromatic rings. The number of nitrogens with one attached hydrogen (secondary N) is 1. The van der Waals surface area contributed by atoms with E-state index >= 15 is 0 Å². The van der Waals surface area contributed by atoms with Crippen molar-refractivity contribution in [2.24, 2.45) is 0 Å². The number of carbonyl (C=O) groups is 2. The Labute approximate surface area is 184 Å². The molecule has 1 heterocycles. The van der Waals surface area contributed by atoms with E-state index in [1.807, 2.05) is 38.1 Å². The lowest BCUT2D eigenvalue weighted by molar-refractivity contribution is -0.152. The van der Waals surface area contributed by atoms with E-state index in [9.17, 15) is 18.0 Å². The number of hydrogen-bond donors (Lipinski definition) is 1. The highest BCUT2D eigenvalue weighted by atomic mass is 32.2. The van der Waals surface area contributed by atoms with Crippen molar-refractivity contribution in [2.75, 3.05) is 19.6 Å². The van der Waals surface area contributed by atoms with E-state index in [4.69, 9.17) is 0 Å². The standard InChI is InChI=1S/C23H29N3O4S/c1-4-14-26-21(27)16-25(31(29,30)20-8-6-5-7-9-20)17-23(26,3)22(28)24-15-19-12-10-18(2)11-13-19/h5-13H,4,14-17H2,1-3H3,(H,24,28). The molecule has 7 nitrogen and oxygen atoms in total. The van der Waals surface area contributed by atoms with Gasteiger partial charge in [0.15, 0.2) is 0 Å². The highest BCUT2D eigenvalue weighted by Gasteiger charge is 2.49. The summed E-state index contributed by atoms with van der Waals surface area (Å²) in [5.74, 6) is -0.747. The highest BCUT2D eigenvalue weighted by Crippen LogP contribution is 2.28. The summed E-state index contributed by atoms with van der Waals surface area (Å²) in [6.07, 6.45) is 0.665. The molecule has 1 fully saturated rings. The number of nitrogens with zero attached hydrogens (tertiary/aromatic N) is 2. The van der Waals surface area contributed by atoms with Gasteiger partial charge in [0.25, 0.3) is 0 Å². The Morgan fingerprint density at radius 1 is 1.10 bits per heavy atom. The number of aryl methyl sites for hydroxylation is 1. The molecule has 8 heteroatoms. The van der Waals surface area contributed by atoms with E-state index < -0.39 is 15.6 Å². The molecule has 3 rings (SSSR count). The first-order valence-electron chi connectivity index (χ1n) is 10.4. The molecular weight excluding hydrogens is 414 g/mol. The predicted octanol–water partition coefficient (Wildman–Crippen LogP) is 2.31. The van der Waals surface area contributed by atoms with Gasteiger partial charge in [-0.05, 0) is 38.0 Å². The fourth-order valence-electron chi connectivity index (χ4n) is 3.78. The summed E-state index contributed by atoms with van der Waals surface area (Å²) in [6, 6.07) is 15.8. The smallest absolute Gasteiger partial charge is 0.247 e. The van der Waals surface area contributed by atoms with Gasteiger partial charge in [0, 0.05) is 19.6 Å². The highest BCUT2D eigenvalue weighted by molar-refractivity contribution is 7.89. The Bertz CT molecular complexity index is 1040. The van der Waals surface area contributed by atoms with Crippen LogP contribution in [0.25, 0.3) is 0 Å². The van der Waals surface area contributed by atoms with Crippen LogP contribution in [0, 0.1) is 6.92 Å². The second kappa shape index (κ2) is 9.20. The van der Waals surface area contributed by atoms with Gasteiger partial charge in [-0.1, -0.05) is 55.0 Å². The molecule has 0 radical (unpaired) electrons. The van der Waals surface area contributed by atoms with Crippen LogP contribution in [0.5, 0.6) is 0 Å². The van der Waals surface area contributed by atoms with Gasteiger partial charge in [0.05, 0.1) is 11.4 Å². The van der Waals surface area contributed by atoms with Crippen LogP contribution < -0.4 is 5.32 Å². The third kappa shape index (κ3) is 4.80. The summed E-state index contributed by atoms with van der Waals surface area (Å²) in [5.41, 5.74) is 0.744. The van der Waals surface area contributed by atoms with Crippen LogP contribution in [-0.2, 0) is 26.2 Å². The van der Waals surface area contributed by atoms with Crippen LogP contribution in [0.2, 0.25) is 0 Å². The molecule has 0 saturated carbocycles. The lowest BCUT2D eigenvalue weighted by atomic mass is 9.95. The Kier molecular flexibility index (Phi) is 6.81. The zero-order valence-electron chi connectivity index (χ0n) is 18.2. The van der Waals surface area contributed by atoms with Crippen LogP contribution in [0.15, 0.2) is 59.5 Å². The molecule has 1 N–H and O–H groups in total. The van der Waals surface area contributed by atoms with Crippen LogP contribution in [0.4, 0.5) is 0 Å². The van der Waals surface area contributed by atoms with E-state index in [2.05, 4.69) is 5.32 Å². The first-order chi connectivity index (χ1) is 14.7. The normalized spacial score (nSPS) is 20.0. The Balaban J connectivity index is 1.86. The van der Waals surface area contributed by atoms with Gasteiger partial charge in [0.1, 0.15) is 5.54 Å². The zero-order chi connectivity index (χ0) is 22.6. The summed E-state index contributed by atoms with van der Waals surface area (Å²) in [4.78, 5) is 27.8. The molecule has 1 atom stereocenters. The number of hydrogen-bond acceptors (Lipinski definition) is 4. The van der Waals surface area contributed by atoms with Gasteiger partial charge in [-0.2, -0.15) is 4.31 Å². The summed E-state index contributed by atoms with van der Waals surface area (Å²) in [5, 5.41) is 2.90. The summed E-state index contributed by atoms with van der Waals surface area (Å²) in [7, 11) is -3.90. The first kappa shape index (κ1) is 23.0. The number of piperazine rings is 1. The molecule has 1 aliphatic rings. The molecular formula is C23H29N3O4S. The average molecular weight is 444 g/mol. The van der Waals surface area contributed by atoms with Crippen molar-refractivity contribution in [1.29, 1.82) is 0 Å². The van der Waals surface area contributed by atoms with E-state index in [1.54, 1.807) is 25.1 Å². The van der Waals surface area contributed by atoms with E-state index in [0.29, 0.717) is 19.5 Å². The van der Waals surface area contributed by atoms with E-state index in [1.165, 1.54) is 17.0 Å². The number of amides is 2. The van der Waals surface area contributed by atoms with Crippen molar-refractivity contribution >= 4 is 21.8 Å². The van der Waals surface area contributed by atoms with Gasteiger partial charge in [-0.25, -0.2) is 8.42 Å². The van der Waals surface area contributed by atoms with Crippen LogP contribution in [0.1, 0.15) is 31.4 Å². The van der Waals surface area contributed by atoms with Crippen molar-refractivity contribution in [1.82, 2.24) is 14.5 Å². The van der Waals surface area contributed by atoms with Crippen LogP contribution in [-0.4, -0.2) is 54.6 Å². The average Bonchev–Trinajstić information content (AvgIpc) is 2.76. The predicted molar refractivity (Wildman–Crippen MR) is 119 cm³/mol. The van der Waals surface area contributed by atoms with Crippen molar-refractivity contribution < 1.29 is 18.0 Å². The van der Waals surface area contributed by atoms with Gasteiger partial charge in [-0.3, -0.25) is 9.59 Å². The number of carbonyl (C=O) groups excluding carboxylic acids is 2. The maximum atomic E-state index is 13.3. The van der Waals surface area contributed by atoms with E-state index in [-0.39, 0.29) is 29.8 Å². The Morgan fingerprint density at radius 2 is 1.74 bits per heavy atom. The fraction of sp³-hybridized carbons (Fsp3) is 0.391. The Hall–Kier alpha value is -2.71. The molecule has 0 spiro atoms. The summed E-state index contributed by atoms with van der Waals surface area (Å²) in [6.45, 7) is 5.85. The molecule has 2 amide bonds. The second-order valence-electron chi connectivity index (χ2n) is 8.07. The zero-order valence-corrected chi connectivity index (χ0v) is 19.0. The minimum atomic E-state index is -3.90. The summed E-state index contributed by atoms with van der Waals surface area (Å²) < 4.78 is 27.4. The topological polar surface area (TPSA) is 86.8 Å². The summed E-state index contributed by atoms with van der Waals surface area (Å²) >= 11 is 0. The molecule has 0 aliphatic carbocycles. The molecule has 0 bridgehead atoms. The van der Waals surface area contributed by atoms with Gasteiger partial charge in [-0.15, -0.1) is 0 Å². The number of benzene rings is 2.